The zero-order chi connectivity index (χ0) is 64.1. The van der Waals surface area contributed by atoms with E-state index in [2.05, 4.69) is 25.9 Å². The molecule has 0 spiro atoms. The molecule has 2 saturated heterocycles. The van der Waals surface area contributed by atoms with Gasteiger partial charge in [-0.3, -0.25) is 24.0 Å². The standard InChI is InChI=1S/C31H46N4O7S.C22H30N4O3S.C9H18O5/c1-6-11-40-12-13-41-14-15-42-19-26(37)34-28(31(3,4)5)30(39)35-18-24(36)16-25(35)29(38)32-17-22-7-9-23(10-8-22)27-21(2)33-20-43-27;1-13-18(30-12-25-13)15-7-5-14(6-8-15)10-24-20(28)17-9-16(27)11-26(17)21(29)19(23)22(2,3)4;1-2-3-12-4-5-13-6-7-14-8-9(10)11/h7-10,20,24-25,28,36H,6,11-19H2,1-5H3,(H,32,38)(H,34,37);5-8,12,16-17,19,27H,9-11,23H2,1-4H3,(H,24,28);2-8H2,1H3,(H,10,11)/t24-,25+,28-;16-,17+,19-;/m11./s1. The first-order valence-corrected chi connectivity index (χ1v) is 31.4. The Morgan fingerprint density at radius 2 is 0.966 bits per heavy atom. The number of nitrogens with one attached hydrogen (secondary N) is 3. The van der Waals surface area contributed by atoms with E-state index in [0.717, 1.165) is 62.8 Å². The largest absolute Gasteiger partial charge is 0.480 e. The van der Waals surface area contributed by atoms with Crippen LogP contribution in [0.3, 0.4) is 0 Å². The summed E-state index contributed by atoms with van der Waals surface area (Å²) in [5.74, 6) is -2.76. The second kappa shape index (κ2) is 37.9. The number of β-amino-alcohol motifs (C(OH)–C–C–N with tert-alkyl or cyclic N) is 2. The lowest BCUT2D eigenvalue weighted by atomic mass is 9.85. The highest BCUT2D eigenvalue weighted by atomic mass is 32.1. The SMILES string of the molecule is CCCOCCOCCOCC(=O)N[C@H](C(=O)N1C[C@H](O)C[C@H]1C(=O)NCc1ccc(-c2scnc2C)cc1)C(C)(C)C.CCCOCCOCCOCC(=O)O.Cc1ncsc1-c1ccc(CNC(=O)[C@@H]2C[C@@H](O)CN2C(=O)[C@@H](N)C(C)(C)C)cc1. The number of hydrogen-bond acceptors (Lipinski definition) is 19. The molecule has 2 aromatic carbocycles. The number of aromatic nitrogens is 2. The molecule has 0 saturated carbocycles. The number of ether oxygens (including phenoxy) is 6. The number of thiazole rings is 2. The van der Waals surface area contributed by atoms with E-state index in [1.165, 1.54) is 9.80 Å². The van der Waals surface area contributed by atoms with Crippen LogP contribution in [0.4, 0.5) is 0 Å². The van der Waals surface area contributed by atoms with Crippen molar-refractivity contribution in [3.63, 3.8) is 0 Å². The van der Waals surface area contributed by atoms with E-state index in [-0.39, 0.29) is 70.0 Å². The molecule has 23 nitrogen and oxygen atoms in total. The van der Waals surface area contributed by atoms with Crippen LogP contribution in [0.2, 0.25) is 0 Å². The Hall–Kier alpha value is -5.84. The molecular formula is C62H94N8O15S2. The molecule has 2 aliphatic heterocycles. The molecule has 2 aromatic heterocycles. The number of aliphatic hydroxyl groups is 2. The molecule has 6 rings (SSSR count). The van der Waals surface area contributed by atoms with Crippen molar-refractivity contribution in [1.82, 2.24) is 35.7 Å². The summed E-state index contributed by atoms with van der Waals surface area (Å²) in [6, 6.07) is 12.6. The number of aryl methyl sites for hydroxylation is 2. The van der Waals surface area contributed by atoms with Gasteiger partial charge in [-0.05, 0) is 59.8 Å². The van der Waals surface area contributed by atoms with Gasteiger partial charge < -0.3 is 75.2 Å². The Balaban J connectivity index is 0.000000317. The summed E-state index contributed by atoms with van der Waals surface area (Å²) < 4.78 is 31.2. The lowest BCUT2D eigenvalue weighted by Crippen LogP contribution is -2.58. The molecule has 87 heavy (non-hydrogen) atoms. The fourth-order valence-electron chi connectivity index (χ4n) is 8.99. The number of carboxylic acids is 1. The first-order valence-electron chi connectivity index (χ1n) is 29.6. The lowest BCUT2D eigenvalue weighted by molar-refractivity contribution is -0.144. The van der Waals surface area contributed by atoms with E-state index in [0.29, 0.717) is 59.4 Å². The molecule has 0 bridgehead atoms. The first kappa shape index (κ1) is 73.6. The van der Waals surface area contributed by atoms with Crippen molar-refractivity contribution in [2.45, 2.75) is 144 Å². The number of aliphatic carboxylic acids is 1. The quantitative estimate of drug-likeness (QED) is 0.0315. The van der Waals surface area contributed by atoms with E-state index in [9.17, 15) is 39.0 Å². The molecule has 484 valence electrons. The van der Waals surface area contributed by atoms with Crippen LogP contribution in [0.15, 0.2) is 59.6 Å². The molecule has 25 heteroatoms. The van der Waals surface area contributed by atoms with E-state index in [1.54, 1.807) is 22.7 Å². The van der Waals surface area contributed by atoms with Crippen LogP contribution in [0, 0.1) is 24.7 Å². The summed E-state index contributed by atoms with van der Waals surface area (Å²) in [4.78, 5) is 88.8. The number of carbonyl (C=O) groups excluding carboxylic acids is 5. The molecule has 2 fully saturated rings. The van der Waals surface area contributed by atoms with Crippen molar-refractivity contribution in [2.75, 3.05) is 92.4 Å². The van der Waals surface area contributed by atoms with Gasteiger partial charge >= 0.3 is 5.97 Å². The second-order valence-corrected chi connectivity index (χ2v) is 25.0. The predicted octanol–water partition coefficient (Wildman–Crippen LogP) is 5.29. The number of likely N-dealkylation sites (tertiary alicyclic amines) is 2. The van der Waals surface area contributed by atoms with E-state index >= 15 is 0 Å². The van der Waals surface area contributed by atoms with Gasteiger partial charge in [-0.2, -0.15) is 0 Å². The zero-order valence-electron chi connectivity index (χ0n) is 52.3. The molecule has 0 radical (unpaired) electrons. The van der Waals surface area contributed by atoms with Crippen molar-refractivity contribution >= 4 is 58.2 Å². The number of aliphatic hydroxyl groups excluding tert-OH is 2. The lowest BCUT2D eigenvalue weighted by Gasteiger charge is -2.35. The molecule has 4 aromatic rings. The Labute approximate surface area is 520 Å². The van der Waals surface area contributed by atoms with Gasteiger partial charge in [-0.1, -0.05) is 104 Å². The van der Waals surface area contributed by atoms with Gasteiger partial charge in [-0.25, -0.2) is 14.8 Å². The minimum absolute atomic E-state index is 0.0120. The highest BCUT2D eigenvalue weighted by molar-refractivity contribution is 7.13. The van der Waals surface area contributed by atoms with Crippen molar-refractivity contribution in [3.05, 3.63) is 82.1 Å². The van der Waals surface area contributed by atoms with Crippen LogP contribution in [-0.4, -0.2) is 199 Å². The maximum absolute atomic E-state index is 13.7. The van der Waals surface area contributed by atoms with E-state index in [1.807, 2.05) is 129 Å². The molecule has 6 atom stereocenters. The van der Waals surface area contributed by atoms with Crippen LogP contribution in [0.1, 0.15) is 104 Å². The normalized spacial score (nSPS) is 17.3. The molecule has 8 N–H and O–H groups in total. The highest BCUT2D eigenvalue weighted by Gasteiger charge is 2.45. The first-order chi connectivity index (χ1) is 41.4. The van der Waals surface area contributed by atoms with Crippen LogP contribution < -0.4 is 21.7 Å². The van der Waals surface area contributed by atoms with Gasteiger partial charge in [0.2, 0.25) is 29.5 Å². The van der Waals surface area contributed by atoms with Gasteiger partial charge in [0.1, 0.15) is 31.3 Å². The Morgan fingerprint density at radius 1 is 0.586 bits per heavy atom. The van der Waals surface area contributed by atoms with Gasteiger partial charge in [0.05, 0.1) is 103 Å². The fourth-order valence-corrected chi connectivity index (χ4v) is 10.6. The highest BCUT2D eigenvalue weighted by Crippen LogP contribution is 2.30. The van der Waals surface area contributed by atoms with E-state index in [4.69, 9.17) is 39.3 Å². The van der Waals surface area contributed by atoms with Crippen LogP contribution in [0.25, 0.3) is 20.9 Å². The van der Waals surface area contributed by atoms with Crippen molar-refractivity contribution in [2.24, 2.45) is 16.6 Å². The Kier molecular flexibility index (Phi) is 32.1. The summed E-state index contributed by atoms with van der Waals surface area (Å²) in [7, 11) is 0. The molecule has 0 aliphatic carbocycles. The topological polar surface area (TPSA) is 313 Å². The van der Waals surface area contributed by atoms with Crippen LogP contribution >= 0.6 is 22.7 Å². The maximum atomic E-state index is 13.7. The molecule has 0 unspecified atom stereocenters. The van der Waals surface area contributed by atoms with Crippen molar-refractivity contribution in [1.29, 1.82) is 0 Å². The molecular weight excluding hydrogens is 1160 g/mol. The Morgan fingerprint density at radius 3 is 1.32 bits per heavy atom. The predicted molar refractivity (Wildman–Crippen MR) is 332 cm³/mol. The number of carboxylic acid groups (broad SMARTS) is 1. The summed E-state index contributed by atoms with van der Waals surface area (Å²) in [6.07, 6.45) is 0.734. The van der Waals surface area contributed by atoms with Gasteiger partial charge in [0, 0.05) is 52.2 Å². The summed E-state index contributed by atoms with van der Waals surface area (Å²) >= 11 is 3.18. The van der Waals surface area contributed by atoms with Crippen molar-refractivity contribution in [3.8, 4) is 20.9 Å². The number of rotatable bonds is 31. The van der Waals surface area contributed by atoms with Gasteiger partial charge in [0.25, 0.3) is 0 Å². The number of nitrogens with zero attached hydrogens (tertiary/aromatic N) is 4. The second-order valence-electron chi connectivity index (χ2n) is 23.3. The minimum Gasteiger partial charge on any atom is -0.480 e. The third-order valence-corrected chi connectivity index (χ3v) is 15.8. The maximum Gasteiger partial charge on any atom is 0.329 e. The molecule has 4 heterocycles. The Bertz CT molecular complexity index is 2720. The number of nitrogens with two attached hydrogens (primary N) is 1. The zero-order valence-corrected chi connectivity index (χ0v) is 53.9. The monoisotopic (exact) mass is 1250 g/mol. The third kappa shape index (κ3) is 25.7. The average Bonchev–Trinajstić information content (AvgIpc) is 1.98. The van der Waals surface area contributed by atoms with Crippen LogP contribution in [0.5, 0.6) is 0 Å². The fraction of sp³-hybridized carbons (Fsp3) is 0.613. The average molecular weight is 1260 g/mol. The number of hydrogen-bond donors (Lipinski definition) is 7. The van der Waals surface area contributed by atoms with Crippen LogP contribution in [-0.2, 0) is 70.3 Å². The van der Waals surface area contributed by atoms with Crippen molar-refractivity contribution < 1.29 is 72.5 Å². The number of carbonyl (C=O) groups is 6. The number of amides is 5. The summed E-state index contributed by atoms with van der Waals surface area (Å²) in [5, 5.41) is 37.3. The number of benzene rings is 2. The third-order valence-electron chi connectivity index (χ3n) is 13.8. The summed E-state index contributed by atoms with van der Waals surface area (Å²) in [5.41, 5.74) is 14.7. The minimum atomic E-state index is -0.962. The smallest absolute Gasteiger partial charge is 0.329 e. The summed E-state index contributed by atoms with van der Waals surface area (Å²) in [6.45, 7) is 24.2. The van der Waals surface area contributed by atoms with E-state index < -0.39 is 65.0 Å². The molecule has 2 aliphatic rings. The van der Waals surface area contributed by atoms with Gasteiger partial charge in [-0.15, -0.1) is 22.7 Å². The molecule has 5 amide bonds. The van der Waals surface area contributed by atoms with Gasteiger partial charge in [0.15, 0.2) is 0 Å².